The third-order valence-electron chi connectivity index (χ3n) is 3.20. The lowest BCUT2D eigenvalue weighted by Crippen LogP contribution is -2.30. The van der Waals surface area contributed by atoms with Gasteiger partial charge < -0.3 is 15.3 Å². The molecule has 1 aliphatic rings. The summed E-state index contributed by atoms with van der Waals surface area (Å²) < 4.78 is 1.60. The molecule has 2 rings (SSSR count). The zero-order chi connectivity index (χ0) is 13.5. The molecule has 0 bridgehead atoms. The van der Waals surface area contributed by atoms with Crippen molar-refractivity contribution in [3.63, 3.8) is 0 Å². The van der Waals surface area contributed by atoms with Crippen LogP contribution in [0.3, 0.4) is 0 Å². The monoisotopic (exact) mass is 267 g/mol. The Labute approximate surface area is 112 Å². The fourth-order valence-electron chi connectivity index (χ4n) is 2.17. The highest BCUT2D eigenvalue weighted by Gasteiger charge is 2.16. The second-order valence-electron chi connectivity index (χ2n) is 4.71. The number of hydrogen-bond acceptors (Lipinski definition) is 5. The normalized spacial score (nSPS) is 15.1. The molecule has 1 aromatic rings. The van der Waals surface area contributed by atoms with Crippen LogP contribution in [0.25, 0.3) is 0 Å². The molecule has 106 valence electrons. The van der Waals surface area contributed by atoms with E-state index in [2.05, 4.69) is 15.6 Å². The Balaban J connectivity index is 1.61. The highest BCUT2D eigenvalue weighted by atomic mass is 16.3. The minimum absolute atomic E-state index is 0.0561. The van der Waals surface area contributed by atoms with E-state index in [4.69, 9.17) is 5.11 Å². The number of carbonyl (C=O) groups excluding carboxylic acids is 1. The zero-order valence-corrected chi connectivity index (χ0v) is 11.1. The van der Waals surface area contributed by atoms with Crippen LogP contribution >= 0.6 is 0 Å². The van der Waals surface area contributed by atoms with Crippen molar-refractivity contribution in [2.45, 2.75) is 32.4 Å². The molecule has 0 aliphatic carbocycles. The Kier molecular flexibility index (Phi) is 5.29. The van der Waals surface area contributed by atoms with E-state index in [0.29, 0.717) is 26.1 Å². The summed E-state index contributed by atoms with van der Waals surface area (Å²) in [6, 6.07) is 0. The predicted octanol–water partition coefficient (Wildman–Crippen LogP) is -0.627. The van der Waals surface area contributed by atoms with Gasteiger partial charge in [-0.2, -0.15) is 0 Å². The quantitative estimate of drug-likeness (QED) is 0.643. The third-order valence-corrected chi connectivity index (χ3v) is 3.20. The summed E-state index contributed by atoms with van der Waals surface area (Å²) in [5.74, 6) is 0.230. The first kappa shape index (κ1) is 14.0. The van der Waals surface area contributed by atoms with E-state index < -0.39 is 0 Å². The number of nitrogens with zero attached hydrogens (tertiary/aromatic N) is 4. The van der Waals surface area contributed by atoms with Gasteiger partial charge in [0.2, 0.25) is 5.91 Å². The van der Waals surface area contributed by atoms with Crippen LogP contribution in [0.1, 0.15) is 25.0 Å². The number of carbonyl (C=O) groups is 1. The fraction of sp³-hybridized carbons (Fsp3) is 0.750. The van der Waals surface area contributed by atoms with Crippen LogP contribution in [-0.2, 0) is 17.9 Å². The van der Waals surface area contributed by atoms with Crippen molar-refractivity contribution < 1.29 is 9.90 Å². The lowest BCUT2D eigenvalue weighted by molar-refractivity contribution is -0.130. The first-order valence-corrected chi connectivity index (χ1v) is 6.78. The van der Waals surface area contributed by atoms with E-state index in [-0.39, 0.29) is 12.5 Å². The first-order chi connectivity index (χ1) is 9.29. The van der Waals surface area contributed by atoms with E-state index in [1.165, 1.54) is 0 Å². The molecule has 0 unspecified atom stereocenters. The molecule has 0 atom stereocenters. The molecule has 7 nitrogen and oxygen atoms in total. The summed E-state index contributed by atoms with van der Waals surface area (Å²) in [4.78, 5) is 13.7. The van der Waals surface area contributed by atoms with Crippen LogP contribution in [0.15, 0.2) is 6.20 Å². The van der Waals surface area contributed by atoms with Gasteiger partial charge in [-0.3, -0.25) is 4.79 Å². The summed E-state index contributed by atoms with van der Waals surface area (Å²) in [5.41, 5.74) is 0.821. The highest BCUT2D eigenvalue weighted by molar-refractivity contribution is 5.76. The van der Waals surface area contributed by atoms with Crippen molar-refractivity contribution >= 4 is 5.91 Å². The SMILES string of the molecule is O=C(CCNCc1cn(CCO)nn1)N1CCCC1. The molecule has 2 N–H and O–H groups in total. The Bertz CT molecular complexity index is 401. The summed E-state index contributed by atoms with van der Waals surface area (Å²) in [5, 5.41) is 19.8. The Morgan fingerprint density at radius 3 is 2.95 bits per heavy atom. The smallest absolute Gasteiger partial charge is 0.223 e. The van der Waals surface area contributed by atoms with Crippen molar-refractivity contribution in [3.8, 4) is 0 Å². The van der Waals surface area contributed by atoms with E-state index in [1.54, 1.807) is 10.9 Å². The second-order valence-corrected chi connectivity index (χ2v) is 4.71. The summed E-state index contributed by atoms with van der Waals surface area (Å²) in [6.45, 7) is 3.59. The molecule has 0 saturated carbocycles. The summed E-state index contributed by atoms with van der Waals surface area (Å²) >= 11 is 0. The van der Waals surface area contributed by atoms with Gasteiger partial charge in [0.05, 0.1) is 18.8 Å². The van der Waals surface area contributed by atoms with Crippen molar-refractivity contribution in [3.05, 3.63) is 11.9 Å². The van der Waals surface area contributed by atoms with Crippen molar-refractivity contribution in [2.24, 2.45) is 0 Å². The van der Waals surface area contributed by atoms with E-state index in [1.807, 2.05) is 4.90 Å². The van der Waals surface area contributed by atoms with Crippen LogP contribution in [0.2, 0.25) is 0 Å². The molecule has 19 heavy (non-hydrogen) atoms. The highest BCUT2D eigenvalue weighted by Crippen LogP contribution is 2.08. The molecule has 0 spiro atoms. The van der Waals surface area contributed by atoms with Gasteiger partial charge in [0.1, 0.15) is 0 Å². The van der Waals surface area contributed by atoms with Crippen molar-refractivity contribution in [2.75, 3.05) is 26.2 Å². The standard InChI is InChI=1S/C12H21N5O2/c18-8-7-17-10-11(14-15-17)9-13-4-3-12(19)16-5-1-2-6-16/h10,13,18H,1-9H2. The molecule has 7 heteroatoms. The molecule has 0 aromatic carbocycles. The van der Waals surface area contributed by atoms with Crippen LogP contribution in [-0.4, -0.2) is 57.1 Å². The predicted molar refractivity (Wildman–Crippen MR) is 69.2 cm³/mol. The van der Waals surface area contributed by atoms with Gasteiger partial charge in [0.15, 0.2) is 0 Å². The average Bonchev–Trinajstić information content (AvgIpc) is 3.06. The number of aliphatic hydroxyl groups is 1. The van der Waals surface area contributed by atoms with E-state index >= 15 is 0 Å². The number of aromatic nitrogens is 3. The largest absolute Gasteiger partial charge is 0.394 e. The van der Waals surface area contributed by atoms with Crippen LogP contribution in [0, 0.1) is 0 Å². The van der Waals surface area contributed by atoms with Crippen molar-refractivity contribution in [1.29, 1.82) is 0 Å². The minimum Gasteiger partial charge on any atom is -0.394 e. The molecule has 0 radical (unpaired) electrons. The molecule has 1 aliphatic heterocycles. The van der Waals surface area contributed by atoms with E-state index in [9.17, 15) is 4.79 Å². The summed E-state index contributed by atoms with van der Waals surface area (Å²) in [7, 11) is 0. The first-order valence-electron chi connectivity index (χ1n) is 6.78. The lowest BCUT2D eigenvalue weighted by Gasteiger charge is -2.14. The van der Waals surface area contributed by atoms with Gasteiger partial charge >= 0.3 is 0 Å². The maximum absolute atomic E-state index is 11.8. The van der Waals surface area contributed by atoms with Crippen LogP contribution < -0.4 is 5.32 Å². The molecule has 2 heterocycles. The van der Waals surface area contributed by atoms with Gasteiger partial charge in [0.25, 0.3) is 0 Å². The number of nitrogens with one attached hydrogen (secondary N) is 1. The summed E-state index contributed by atoms with van der Waals surface area (Å²) in [6.07, 6.45) is 4.59. The maximum Gasteiger partial charge on any atom is 0.223 e. The van der Waals surface area contributed by atoms with Crippen molar-refractivity contribution in [1.82, 2.24) is 25.2 Å². The maximum atomic E-state index is 11.8. The van der Waals surface area contributed by atoms with Gasteiger partial charge in [0, 0.05) is 38.8 Å². The number of aliphatic hydroxyl groups excluding tert-OH is 1. The Morgan fingerprint density at radius 2 is 2.21 bits per heavy atom. The van der Waals surface area contributed by atoms with Crippen LogP contribution in [0.5, 0.6) is 0 Å². The molecule has 1 saturated heterocycles. The minimum atomic E-state index is 0.0561. The van der Waals surface area contributed by atoms with Gasteiger partial charge in [-0.25, -0.2) is 4.68 Å². The number of rotatable bonds is 7. The fourth-order valence-corrected chi connectivity index (χ4v) is 2.17. The van der Waals surface area contributed by atoms with Gasteiger partial charge in [-0.1, -0.05) is 5.21 Å². The van der Waals surface area contributed by atoms with Gasteiger partial charge in [-0.05, 0) is 12.8 Å². The molecule has 1 amide bonds. The lowest BCUT2D eigenvalue weighted by atomic mass is 10.3. The Hall–Kier alpha value is -1.47. The zero-order valence-electron chi connectivity index (χ0n) is 11.1. The number of likely N-dealkylation sites (tertiary alicyclic amines) is 1. The number of hydrogen-bond donors (Lipinski definition) is 2. The topological polar surface area (TPSA) is 83.3 Å². The third kappa shape index (κ3) is 4.29. The molecular weight excluding hydrogens is 246 g/mol. The van der Waals surface area contributed by atoms with Crippen LogP contribution in [0.4, 0.5) is 0 Å². The molecule has 1 fully saturated rings. The average molecular weight is 267 g/mol. The molecular formula is C12H21N5O2. The van der Waals surface area contributed by atoms with Gasteiger partial charge in [-0.15, -0.1) is 5.10 Å². The second kappa shape index (κ2) is 7.20. The number of amides is 1. The van der Waals surface area contributed by atoms with E-state index in [0.717, 1.165) is 31.6 Å². The Morgan fingerprint density at radius 1 is 1.42 bits per heavy atom. The molecule has 1 aromatic heterocycles.